The summed E-state index contributed by atoms with van der Waals surface area (Å²) in [5, 5.41) is 9.23. The van der Waals surface area contributed by atoms with Gasteiger partial charge in [-0.15, -0.1) is 0 Å². The third-order valence-corrected chi connectivity index (χ3v) is 4.53. The summed E-state index contributed by atoms with van der Waals surface area (Å²) in [6, 6.07) is 6.15. The molecule has 0 bridgehead atoms. The average Bonchev–Trinajstić information content (AvgIpc) is 2.92. The van der Waals surface area contributed by atoms with E-state index in [1.54, 1.807) is 6.92 Å². The van der Waals surface area contributed by atoms with Gasteiger partial charge in [0.25, 0.3) is 0 Å². The van der Waals surface area contributed by atoms with Gasteiger partial charge in [0.15, 0.2) is 0 Å². The molecule has 0 fully saturated rings. The summed E-state index contributed by atoms with van der Waals surface area (Å²) in [5.74, 6) is -2.55. The largest absolute Gasteiger partial charge is 0.490 e. The van der Waals surface area contributed by atoms with Crippen LogP contribution in [0, 0.1) is 5.82 Å². The van der Waals surface area contributed by atoms with E-state index in [-0.39, 0.29) is 23.6 Å². The summed E-state index contributed by atoms with van der Waals surface area (Å²) in [5.41, 5.74) is -0.882. The number of hydrogen-bond donors (Lipinski definition) is 1. The summed E-state index contributed by atoms with van der Waals surface area (Å²) in [6.45, 7) is -0.528. The first-order valence-electron chi connectivity index (χ1n) is 7.87. The number of nitrogens with zero attached hydrogens (tertiary/aromatic N) is 1. The number of aliphatic hydroxyl groups is 1. The third-order valence-electron chi connectivity index (χ3n) is 4.53. The van der Waals surface area contributed by atoms with Gasteiger partial charge in [0.1, 0.15) is 36.5 Å². The molecule has 0 aliphatic carbocycles. The van der Waals surface area contributed by atoms with Crippen LogP contribution in [0.25, 0.3) is 11.3 Å². The number of aliphatic hydroxyl groups excluding tert-OH is 1. The molecule has 2 unspecified atom stereocenters. The van der Waals surface area contributed by atoms with Crippen molar-refractivity contribution in [2.24, 2.45) is 0 Å². The van der Waals surface area contributed by atoms with Crippen LogP contribution in [0.15, 0.2) is 30.3 Å². The van der Waals surface area contributed by atoms with Crippen molar-refractivity contribution in [3.05, 3.63) is 47.4 Å². The number of fused-ring (bicyclic) bond motifs is 1. The van der Waals surface area contributed by atoms with Crippen LogP contribution in [0.1, 0.15) is 24.1 Å². The first-order valence-corrected chi connectivity index (χ1v) is 7.87. The lowest BCUT2D eigenvalue weighted by Crippen LogP contribution is -2.28. The van der Waals surface area contributed by atoms with Crippen LogP contribution in [0.2, 0.25) is 0 Å². The number of hydrogen-bond acceptors (Lipinski definition) is 3. The van der Waals surface area contributed by atoms with Crippen LogP contribution in [0.3, 0.4) is 0 Å². The van der Waals surface area contributed by atoms with Gasteiger partial charge in [0.05, 0.1) is 17.7 Å². The van der Waals surface area contributed by atoms with E-state index < -0.39 is 42.3 Å². The molecular formula is C18H16F5NO2. The zero-order valence-electron chi connectivity index (χ0n) is 13.8. The van der Waals surface area contributed by atoms with E-state index in [0.717, 1.165) is 18.2 Å². The minimum absolute atomic E-state index is 0.0476. The van der Waals surface area contributed by atoms with Gasteiger partial charge in [-0.1, -0.05) is 0 Å². The van der Waals surface area contributed by atoms with Crippen molar-refractivity contribution < 1.29 is 31.8 Å². The second kappa shape index (κ2) is 6.50. The number of halogens is 5. The van der Waals surface area contributed by atoms with Crippen LogP contribution in [-0.2, 0) is 5.41 Å². The SMILES string of the molecule is CC1(CF)COc2c1cc(C(CO)C(F)(F)F)nc2-c1ccc(F)cc1. The van der Waals surface area contributed by atoms with E-state index in [9.17, 15) is 27.1 Å². The molecule has 0 saturated heterocycles. The molecule has 0 amide bonds. The molecule has 2 atom stereocenters. The Kier molecular flexibility index (Phi) is 4.64. The Morgan fingerprint density at radius 3 is 2.46 bits per heavy atom. The monoisotopic (exact) mass is 373 g/mol. The molecule has 1 aromatic heterocycles. The van der Waals surface area contributed by atoms with Crippen molar-refractivity contribution in [2.45, 2.75) is 24.4 Å². The predicted molar refractivity (Wildman–Crippen MR) is 84.3 cm³/mol. The maximum atomic E-state index is 13.6. The van der Waals surface area contributed by atoms with Crippen LogP contribution >= 0.6 is 0 Å². The summed E-state index contributed by atoms with van der Waals surface area (Å²) in [4.78, 5) is 4.03. The number of aromatic nitrogens is 1. The van der Waals surface area contributed by atoms with Gasteiger partial charge in [-0.05, 0) is 37.3 Å². The van der Waals surface area contributed by atoms with Gasteiger partial charge in [-0.3, -0.25) is 0 Å². The predicted octanol–water partition coefficient (Wildman–Crippen LogP) is 4.15. The van der Waals surface area contributed by atoms with Gasteiger partial charge in [0.2, 0.25) is 0 Å². The Labute approximate surface area is 146 Å². The number of rotatable bonds is 4. The lowest BCUT2D eigenvalue weighted by Gasteiger charge is -2.22. The van der Waals surface area contributed by atoms with E-state index in [1.165, 1.54) is 12.1 Å². The fraction of sp³-hybridized carbons (Fsp3) is 0.389. The average molecular weight is 373 g/mol. The molecule has 1 aliphatic rings. The standard InChI is InChI=1S/C18H16F5NO2/c1-17(8-19)9-26-16-12(17)6-14(13(7-25)18(21,22)23)24-15(16)10-2-4-11(20)5-3-10/h2-6,13,25H,7-9H2,1H3. The van der Waals surface area contributed by atoms with Gasteiger partial charge < -0.3 is 9.84 Å². The van der Waals surface area contributed by atoms with Crippen molar-refractivity contribution >= 4 is 0 Å². The Balaban J connectivity index is 2.24. The molecule has 1 aromatic carbocycles. The molecule has 140 valence electrons. The summed E-state index contributed by atoms with van der Waals surface area (Å²) in [7, 11) is 0. The highest BCUT2D eigenvalue weighted by Gasteiger charge is 2.45. The van der Waals surface area contributed by atoms with Crippen LogP contribution in [0.5, 0.6) is 5.75 Å². The Morgan fingerprint density at radius 1 is 1.27 bits per heavy atom. The highest BCUT2D eigenvalue weighted by molar-refractivity contribution is 5.70. The smallest absolute Gasteiger partial charge is 0.399 e. The van der Waals surface area contributed by atoms with E-state index in [0.29, 0.717) is 5.56 Å². The van der Waals surface area contributed by atoms with Crippen molar-refractivity contribution in [1.82, 2.24) is 4.98 Å². The molecule has 8 heteroatoms. The van der Waals surface area contributed by atoms with Gasteiger partial charge in [-0.25, -0.2) is 13.8 Å². The summed E-state index contributed by atoms with van der Waals surface area (Å²) >= 11 is 0. The number of benzene rings is 1. The summed E-state index contributed by atoms with van der Waals surface area (Å²) in [6.07, 6.45) is -4.72. The van der Waals surface area contributed by atoms with Crippen molar-refractivity contribution in [3.63, 3.8) is 0 Å². The molecule has 3 nitrogen and oxygen atoms in total. The molecule has 0 spiro atoms. The fourth-order valence-corrected chi connectivity index (χ4v) is 2.91. The van der Waals surface area contributed by atoms with Crippen LogP contribution < -0.4 is 4.74 Å². The van der Waals surface area contributed by atoms with Gasteiger partial charge >= 0.3 is 6.18 Å². The zero-order chi connectivity index (χ0) is 19.1. The maximum absolute atomic E-state index is 13.6. The van der Waals surface area contributed by atoms with Crippen LogP contribution in [-0.4, -0.2) is 36.2 Å². The second-order valence-electron chi connectivity index (χ2n) is 6.54. The minimum Gasteiger partial charge on any atom is -0.490 e. The first kappa shape index (κ1) is 18.6. The van der Waals surface area contributed by atoms with E-state index in [4.69, 9.17) is 4.74 Å². The fourth-order valence-electron chi connectivity index (χ4n) is 2.91. The number of pyridine rings is 1. The van der Waals surface area contributed by atoms with Gasteiger partial charge in [-0.2, -0.15) is 13.2 Å². The molecule has 2 heterocycles. The molecule has 3 rings (SSSR count). The van der Waals surface area contributed by atoms with Crippen molar-refractivity contribution in [2.75, 3.05) is 19.9 Å². The minimum atomic E-state index is -4.72. The molecular weight excluding hydrogens is 357 g/mol. The second-order valence-corrected chi connectivity index (χ2v) is 6.54. The summed E-state index contributed by atoms with van der Waals surface area (Å²) < 4.78 is 72.1. The lowest BCUT2D eigenvalue weighted by atomic mass is 9.84. The molecule has 0 radical (unpaired) electrons. The van der Waals surface area contributed by atoms with E-state index in [1.807, 2.05) is 0 Å². The Morgan fingerprint density at radius 2 is 1.92 bits per heavy atom. The highest BCUT2D eigenvalue weighted by atomic mass is 19.4. The third kappa shape index (κ3) is 3.13. The molecule has 2 aromatic rings. The van der Waals surface area contributed by atoms with Crippen LogP contribution in [0.4, 0.5) is 22.0 Å². The van der Waals surface area contributed by atoms with E-state index >= 15 is 0 Å². The van der Waals surface area contributed by atoms with Gasteiger partial charge in [0, 0.05) is 11.1 Å². The highest BCUT2D eigenvalue weighted by Crippen LogP contribution is 2.46. The number of alkyl halides is 4. The molecule has 26 heavy (non-hydrogen) atoms. The molecule has 1 N–H and O–H groups in total. The Hall–Kier alpha value is -2.22. The van der Waals surface area contributed by atoms with E-state index in [2.05, 4.69) is 4.98 Å². The maximum Gasteiger partial charge on any atom is 0.399 e. The topological polar surface area (TPSA) is 42.4 Å². The zero-order valence-corrected chi connectivity index (χ0v) is 13.8. The first-order chi connectivity index (χ1) is 12.2. The van der Waals surface area contributed by atoms with Crippen molar-refractivity contribution in [3.8, 4) is 17.0 Å². The Bertz CT molecular complexity index is 806. The normalized spacial score (nSPS) is 20.6. The molecule has 0 saturated carbocycles. The quantitative estimate of drug-likeness (QED) is 0.819. The lowest BCUT2D eigenvalue weighted by molar-refractivity contribution is -0.159. The van der Waals surface area contributed by atoms with Crippen molar-refractivity contribution in [1.29, 1.82) is 0 Å². The molecule has 1 aliphatic heterocycles. The number of ether oxygens (including phenoxy) is 1.